The number of nitrogens with zero attached hydrogens (tertiary/aromatic N) is 3. The minimum Gasteiger partial charge on any atom is -0.333 e. The van der Waals surface area contributed by atoms with E-state index in [2.05, 4.69) is 59.6 Å². The summed E-state index contributed by atoms with van der Waals surface area (Å²) in [7, 11) is 2.13. The van der Waals surface area contributed by atoms with Crippen LogP contribution < -0.4 is 5.73 Å². The normalized spacial score (nSPS) is 12.8. The molecule has 0 spiro atoms. The second-order valence-electron chi connectivity index (χ2n) is 5.67. The fraction of sp³-hybridized carbons (Fsp3) is 0.471. The second kappa shape index (κ2) is 7.38. The fourth-order valence-electron chi connectivity index (χ4n) is 2.77. The monoisotopic (exact) mass is 286 g/mol. The van der Waals surface area contributed by atoms with Gasteiger partial charge in [0.05, 0.1) is 18.1 Å². The highest BCUT2D eigenvalue weighted by Gasteiger charge is 2.19. The Morgan fingerprint density at radius 3 is 2.86 bits per heavy atom. The van der Waals surface area contributed by atoms with Gasteiger partial charge in [0.25, 0.3) is 0 Å². The summed E-state index contributed by atoms with van der Waals surface area (Å²) >= 11 is 0. The Kier molecular flexibility index (Phi) is 5.53. The molecule has 4 nitrogen and oxygen atoms in total. The van der Waals surface area contributed by atoms with Crippen LogP contribution in [0.5, 0.6) is 0 Å². The van der Waals surface area contributed by atoms with Gasteiger partial charge >= 0.3 is 0 Å². The smallest absolute Gasteiger partial charge is 0.0948 e. The quantitative estimate of drug-likeness (QED) is 0.851. The van der Waals surface area contributed by atoms with Crippen molar-refractivity contribution in [3.05, 3.63) is 53.6 Å². The van der Waals surface area contributed by atoms with Crippen LogP contribution in [0.4, 0.5) is 0 Å². The lowest BCUT2D eigenvalue weighted by atomic mass is 10.1. The summed E-state index contributed by atoms with van der Waals surface area (Å²) in [6.07, 6.45) is 4.95. The maximum Gasteiger partial charge on any atom is 0.0948 e. The molecule has 1 atom stereocenters. The van der Waals surface area contributed by atoms with Crippen molar-refractivity contribution in [1.29, 1.82) is 0 Å². The Morgan fingerprint density at radius 2 is 2.19 bits per heavy atom. The number of hydrogen-bond acceptors (Lipinski definition) is 3. The summed E-state index contributed by atoms with van der Waals surface area (Å²) in [5.74, 6) is 0. The van der Waals surface area contributed by atoms with E-state index in [9.17, 15) is 0 Å². The average Bonchev–Trinajstić information content (AvgIpc) is 2.88. The van der Waals surface area contributed by atoms with Crippen LogP contribution in [0.1, 0.15) is 36.2 Å². The van der Waals surface area contributed by atoms with Gasteiger partial charge in [-0.15, -0.1) is 0 Å². The molecular formula is C17H26N4. The molecule has 0 bridgehead atoms. The highest BCUT2D eigenvalue weighted by atomic mass is 15.2. The van der Waals surface area contributed by atoms with Gasteiger partial charge < -0.3 is 10.3 Å². The van der Waals surface area contributed by atoms with E-state index in [0.717, 1.165) is 19.5 Å². The van der Waals surface area contributed by atoms with Crippen LogP contribution in [-0.2, 0) is 13.1 Å². The number of imidazole rings is 1. The van der Waals surface area contributed by atoms with Crippen LogP contribution in [-0.4, -0.2) is 28.0 Å². The molecule has 2 rings (SSSR count). The fourth-order valence-corrected chi connectivity index (χ4v) is 2.77. The number of aryl methyl sites for hydroxylation is 2. The van der Waals surface area contributed by atoms with Crippen LogP contribution in [0.2, 0.25) is 0 Å². The zero-order valence-corrected chi connectivity index (χ0v) is 13.3. The molecule has 0 aliphatic carbocycles. The predicted octanol–water partition coefficient (Wildman–Crippen LogP) is 2.73. The maximum atomic E-state index is 6.03. The first-order valence-corrected chi connectivity index (χ1v) is 7.61. The second-order valence-corrected chi connectivity index (χ2v) is 5.67. The van der Waals surface area contributed by atoms with Crippen LogP contribution in [0.25, 0.3) is 0 Å². The van der Waals surface area contributed by atoms with Gasteiger partial charge in [0, 0.05) is 25.8 Å². The van der Waals surface area contributed by atoms with Crippen LogP contribution in [0.15, 0.2) is 36.8 Å². The molecule has 1 unspecified atom stereocenters. The Labute approximate surface area is 127 Å². The van der Waals surface area contributed by atoms with Crippen molar-refractivity contribution in [1.82, 2.24) is 14.5 Å². The SMILES string of the molecule is CCCn1cncc1C(CN)N(C)Cc1cccc(C)c1. The Bertz CT molecular complexity index is 561. The predicted molar refractivity (Wildman–Crippen MR) is 87.0 cm³/mol. The minimum atomic E-state index is 0.194. The molecule has 21 heavy (non-hydrogen) atoms. The number of likely N-dealkylation sites (N-methyl/N-ethyl adjacent to an activating group) is 1. The van der Waals surface area contributed by atoms with E-state index < -0.39 is 0 Å². The van der Waals surface area contributed by atoms with Gasteiger partial charge in [0.15, 0.2) is 0 Å². The Morgan fingerprint density at radius 1 is 1.38 bits per heavy atom. The number of hydrogen-bond donors (Lipinski definition) is 1. The number of benzene rings is 1. The van der Waals surface area contributed by atoms with Gasteiger partial charge in [0.1, 0.15) is 0 Å². The molecule has 0 saturated carbocycles. The van der Waals surface area contributed by atoms with E-state index >= 15 is 0 Å². The molecule has 1 heterocycles. The van der Waals surface area contributed by atoms with Gasteiger partial charge in [-0.25, -0.2) is 4.98 Å². The zero-order valence-electron chi connectivity index (χ0n) is 13.3. The van der Waals surface area contributed by atoms with Crippen molar-refractivity contribution in [3.63, 3.8) is 0 Å². The van der Waals surface area contributed by atoms with Crippen LogP contribution in [0, 0.1) is 6.92 Å². The first-order chi connectivity index (χ1) is 10.2. The van der Waals surface area contributed by atoms with E-state index in [0.29, 0.717) is 6.54 Å². The molecule has 4 heteroatoms. The van der Waals surface area contributed by atoms with E-state index in [4.69, 9.17) is 5.73 Å². The van der Waals surface area contributed by atoms with Crippen molar-refractivity contribution in [2.45, 2.75) is 39.4 Å². The minimum absolute atomic E-state index is 0.194. The van der Waals surface area contributed by atoms with Crippen molar-refractivity contribution < 1.29 is 0 Å². The number of rotatable bonds is 7. The topological polar surface area (TPSA) is 47.1 Å². The number of aromatic nitrogens is 2. The Balaban J connectivity index is 2.14. The van der Waals surface area contributed by atoms with E-state index in [1.165, 1.54) is 16.8 Å². The lowest BCUT2D eigenvalue weighted by molar-refractivity contribution is 0.232. The maximum absolute atomic E-state index is 6.03. The van der Waals surface area contributed by atoms with E-state index in [1.54, 1.807) is 0 Å². The molecule has 0 amide bonds. The lowest BCUT2D eigenvalue weighted by Gasteiger charge is -2.28. The van der Waals surface area contributed by atoms with Gasteiger partial charge in [0.2, 0.25) is 0 Å². The largest absolute Gasteiger partial charge is 0.333 e. The molecule has 1 aromatic heterocycles. The summed E-state index contributed by atoms with van der Waals surface area (Å²) in [6.45, 7) is 6.78. The summed E-state index contributed by atoms with van der Waals surface area (Å²) < 4.78 is 2.21. The van der Waals surface area contributed by atoms with Gasteiger partial charge in [-0.05, 0) is 26.0 Å². The molecule has 0 aliphatic heterocycles. The van der Waals surface area contributed by atoms with Gasteiger partial charge in [-0.1, -0.05) is 36.8 Å². The molecular weight excluding hydrogens is 260 g/mol. The summed E-state index contributed by atoms with van der Waals surface area (Å²) in [6, 6.07) is 8.82. The van der Waals surface area contributed by atoms with Crippen molar-refractivity contribution in [3.8, 4) is 0 Å². The van der Waals surface area contributed by atoms with Crippen molar-refractivity contribution in [2.24, 2.45) is 5.73 Å². The molecule has 0 fully saturated rings. The molecule has 1 aromatic carbocycles. The highest BCUT2D eigenvalue weighted by Crippen LogP contribution is 2.20. The molecule has 114 valence electrons. The van der Waals surface area contributed by atoms with Crippen LogP contribution >= 0.6 is 0 Å². The van der Waals surface area contributed by atoms with Gasteiger partial charge in [-0.3, -0.25) is 4.90 Å². The molecule has 2 N–H and O–H groups in total. The first kappa shape index (κ1) is 15.7. The Hall–Kier alpha value is -1.65. The standard InChI is InChI=1S/C17H26N4/c1-4-8-21-13-19-11-17(21)16(10-18)20(3)12-15-7-5-6-14(2)9-15/h5-7,9,11,13,16H,4,8,10,12,18H2,1-3H3. The summed E-state index contributed by atoms with van der Waals surface area (Å²) in [4.78, 5) is 6.60. The number of nitrogens with two attached hydrogens (primary N) is 1. The summed E-state index contributed by atoms with van der Waals surface area (Å²) in [5.41, 5.74) is 9.84. The van der Waals surface area contributed by atoms with Crippen molar-refractivity contribution in [2.75, 3.05) is 13.6 Å². The van der Waals surface area contributed by atoms with Crippen LogP contribution in [0.3, 0.4) is 0 Å². The zero-order chi connectivity index (χ0) is 15.2. The van der Waals surface area contributed by atoms with Crippen molar-refractivity contribution >= 4 is 0 Å². The van der Waals surface area contributed by atoms with E-state index in [-0.39, 0.29) is 6.04 Å². The first-order valence-electron chi connectivity index (χ1n) is 7.61. The molecule has 0 saturated heterocycles. The third kappa shape index (κ3) is 3.93. The molecule has 0 aliphatic rings. The third-order valence-corrected chi connectivity index (χ3v) is 3.82. The van der Waals surface area contributed by atoms with E-state index in [1.807, 2.05) is 12.5 Å². The molecule has 0 radical (unpaired) electrons. The summed E-state index contributed by atoms with van der Waals surface area (Å²) in [5, 5.41) is 0. The third-order valence-electron chi connectivity index (χ3n) is 3.82. The van der Waals surface area contributed by atoms with Gasteiger partial charge in [-0.2, -0.15) is 0 Å². The average molecular weight is 286 g/mol. The lowest BCUT2D eigenvalue weighted by Crippen LogP contribution is -2.31. The highest BCUT2D eigenvalue weighted by molar-refractivity contribution is 5.22. The molecule has 2 aromatic rings.